The molecule has 0 amide bonds. The van der Waals surface area contributed by atoms with Gasteiger partial charge in [0.05, 0.1) is 5.69 Å². The molecule has 0 saturated heterocycles. The van der Waals surface area contributed by atoms with Gasteiger partial charge in [0.15, 0.2) is 0 Å². The number of aromatic nitrogens is 1. The van der Waals surface area contributed by atoms with Gasteiger partial charge in [-0.25, -0.2) is 0 Å². The lowest BCUT2D eigenvalue weighted by Crippen LogP contribution is -2.19. The summed E-state index contributed by atoms with van der Waals surface area (Å²) in [6.07, 6.45) is 1.77. The van der Waals surface area contributed by atoms with Crippen LogP contribution in [0.1, 0.15) is 29.8 Å². The van der Waals surface area contributed by atoms with Crippen LogP contribution < -0.4 is 5.32 Å². The van der Waals surface area contributed by atoms with Gasteiger partial charge in [0.2, 0.25) is 0 Å². The van der Waals surface area contributed by atoms with Gasteiger partial charge in [-0.15, -0.1) is 0 Å². The first-order chi connectivity index (χ1) is 9.06. The highest BCUT2D eigenvalue weighted by atomic mass is 16.3. The van der Waals surface area contributed by atoms with Crippen LogP contribution in [0.25, 0.3) is 0 Å². The van der Waals surface area contributed by atoms with Crippen LogP contribution in [-0.4, -0.2) is 15.2 Å². The lowest BCUT2D eigenvalue weighted by molar-refractivity contribution is 0.446. The lowest BCUT2D eigenvalue weighted by atomic mass is 10.1. The summed E-state index contributed by atoms with van der Waals surface area (Å²) < 4.78 is 0. The van der Waals surface area contributed by atoms with Gasteiger partial charge < -0.3 is 15.5 Å². The van der Waals surface area contributed by atoms with Gasteiger partial charge in [0.25, 0.3) is 0 Å². The first kappa shape index (κ1) is 13.4. The maximum absolute atomic E-state index is 9.47. The van der Waals surface area contributed by atoms with E-state index >= 15 is 0 Å². The van der Waals surface area contributed by atoms with Crippen molar-refractivity contribution in [3.63, 3.8) is 0 Å². The fraction of sp³-hybridized carbons (Fsp3) is 0.267. The Balaban J connectivity index is 2.05. The SMILES string of the molecule is Cc1cccnc1CNC(C)c1cc(O)cc(O)c1. The quantitative estimate of drug-likeness (QED) is 0.788. The number of aryl methyl sites for hydroxylation is 1. The molecule has 0 saturated carbocycles. The zero-order valence-electron chi connectivity index (χ0n) is 11.1. The van der Waals surface area contributed by atoms with Crippen LogP contribution in [0.4, 0.5) is 0 Å². The minimum atomic E-state index is 0.0133. The third-order valence-electron chi connectivity index (χ3n) is 3.12. The average molecular weight is 258 g/mol. The number of nitrogens with one attached hydrogen (secondary N) is 1. The van der Waals surface area contributed by atoms with E-state index in [0.29, 0.717) is 6.54 Å². The molecular formula is C15H18N2O2. The summed E-state index contributed by atoms with van der Waals surface area (Å²) in [5, 5.41) is 22.3. The molecule has 3 N–H and O–H groups in total. The second kappa shape index (κ2) is 5.71. The van der Waals surface area contributed by atoms with Crippen molar-refractivity contribution in [3.8, 4) is 11.5 Å². The maximum atomic E-state index is 9.47. The number of hydrogen-bond acceptors (Lipinski definition) is 4. The summed E-state index contributed by atoms with van der Waals surface area (Å²) in [6.45, 7) is 4.64. The highest BCUT2D eigenvalue weighted by Gasteiger charge is 2.08. The number of aromatic hydroxyl groups is 2. The zero-order chi connectivity index (χ0) is 13.8. The first-order valence-electron chi connectivity index (χ1n) is 6.23. The van der Waals surface area contributed by atoms with Crippen LogP contribution in [0.2, 0.25) is 0 Å². The number of hydrogen-bond donors (Lipinski definition) is 3. The van der Waals surface area contributed by atoms with Crippen molar-refractivity contribution in [2.24, 2.45) is 0 Å². The minimum Gasteiger partial charge on any atom is -0.508 e. The second-order valence-electron chi connectivity index (χ2n) is 4.65. The third-order valence-corrected chi connectivity index (χ3v) is 3.12. The van der Waals surface area contributed by atoms with Gasteiger partial charge in [-0.1, -0.05) is 6.07 Å². The molecule has 0 aliphatic carbocycles. The fourth-order valence-corrected chi connectivity index (χ4v) is 1.94. The van der Waals surface area contributed by atoms with Crippen LogP contribution >= 0.6 is 0 Å². The number of phenols is 2. The summed E-state index contributed by atoms with van der Waals surface area (Å²) in [4.78, 5) is 4.32. The molecule has 1 unspecified atom stereocenters. The van der Waals surface area contributed by atoms with Crippen molar-refractivity contribution in [2.75, 3.05) is 0 Å². The minimum absolute atomic E-state index is 0.0133. The van der Waals surface area contributed by atoms with E-state index in [2.05, 4.69) is 10.3 Å². The molecule has 1 aromatic heterocycles. The van der Waals surface area contributed by atoms with Gasteiger partial charge >= 0.3 is 0 Å². The molecule has 1 atom stereocenters. The molecule has 4 nitrogen and oxygen atoms in total. The molecule has 100 valence electrons. The highest BCUT2D eigenvalue weighted by Crippen LogP contribution is 2.24. The summed E-state index contributed by atoms with van der Waals surface area (Å²) in [6, 6.07) is 8.55. The topological polar surface area (TPSA) is 65.4 Å². The Morgan fingerprint density at radius 1 is 1.21 bits per heavy atom. The highest BCUT2D eigenvalue weighted by molar-refractivity contribution is 5.38. The van der Waals surface area contributed by atoms with Gasteiger partial charge in [0.1, 0.15) is 11.5 Å². The summed E-state index contributed by atoms with van der Waals surface area (Å²) in [5.41, 5.74) is 2.98. The Hall–Kier alpha value is -2.07. The van der Waals surface area contributed by atoms with Crippen LogP contribution in [0, 0.1) is 6.92 Å². The van der Waals surface area contributed by atoms with E-state index in [1.165, 1.54) is 6.07 Å². The Morgan fingerprint density at radius 2 is 1.89 bits per heavy atom. The molecule has 0 aliphatic heterocycles. The fourth-order valence-electron chi connectivity index (χ4n) is 1.94. The van der Waals surface area contributed by atoms with Crippen molar-refractivity contribution in [1.29, 1.82) is 0 Å². The molecule has 4 heteroatoms. The lowest BCUT2D eigenvalue weighted by Gasteiger charge is -2.15. The zero-order valence-corrected chi connectivity index (χ0v) is 11.1. The Morgan fingerprint density at radius 3 is 2.53 bits per heavy atom. The van der Waals surface area contributed by atoms with Crippen LogP contribution in [0.5, 0.6) is 11.5 Å². The second-order valence-corrected chi connectivity index (χ2v) is 4.65. The molecule has 1 aromatic carbocycles. The molecule has 0 radical (unpaired) electrons. The predicted octanol–water partition coefficient (Wildman–Crippen LogP) is 2.65. The van der Waals surface area contributed by atoms with E-state index in [1.807, 2.05) is 26.0 Å². The smallest absolute Gasteiger partial charge is 0.119 e. The number of benzene rings is 1. The van der Waals surface area contributed by atoms with E-state index in [1.54, 1.807) is 18.3 Å². The Kier molecular flexibility index (Phi) is 4.02. The molecule has 2 rings (SSSR count). The van der Waals surface area contributed by atoms with Crippen molar-refractivity contribution in [3.05, 3.63) is 53.3 Å². The molecular weight excluding hydrogens is 240 g/mol. The van der Waals surface area contributed by atoms with Crippen molar-refractivity contribution >= 4 is 0 Å². The average Bonchev–Trinajstić information content (AvgIpc) is 2.36. The third kappa shape index (κ3) is 3.45. The van der Waals surface area contributed by atoms with E-state index in [4.69, 9.17) is 0 Å². The van der Waals surface area contributed by atoms with Crippen molar-refractivity contribution in [1.82, 2.24) is 10.3 Å². The first-order valence-corrected chi connectivity index (χ1v) is 6.23. The molecule has 19 heavy (non-hydrogen) atoms. The van der Waals surface area contributed by atoms with E-state index in [0.717, 1.165) is 16.8 Å². The van der Waals surface area contributed by atoms with Gasteiger partial charge in [-0.2, -0.15) is 0 Å². The molecule has 1 heterocycles. The number of nitrogens with zero attached hydrogens (tertiary/aromatic N) is 1. The largest absolute Gasteiger partial charge is 0.508 e. The summed E-state index contributed by atoms with van der Waals surface area (Å²) in [5.74, 6) is 0.135. The van der Waals surface area contributed by atoms with Crippen molar-refractivity contribution < 1.29 is 10.2 Å². The maximum Gasteiger partial charge on any atom is 0.119 e. The molecule has 0 bridgehead atoms. The van der Waals surface area contributed by atoms with E-state index in [-0.39, 0.29) is 17.5 Å². The molecule has 0 aliphatic rings. The predicted molar refractivity (Wildman–Crippen MR) is 74.0 cm³/mol. The molecule has 0 fully saturated rings. The summed E-state index contributed by atoms with van der Waals surface area (Å²) >= 11 is 0. The van der Waals surface area contributed by atoms with Crippen LogP contribution in [0.3, 0.4) is 0 Å². The normalized spacial score (nSPS) is 12.3. The monoisotopic (exact) mass is 258 g/mol. The van der Waals surface area contributed by atoms with Gasteiger partial charge in [-0.3, -0.25) is 4.98 Å². The van der Waals surface area contributed by atoms with Crippen molar-refractivity contribution in [2.45, 2.75) is 26.4 Å². The standard InChI is InChI=1S/C15H18N2O2/c1-10-4-3-5-16-15(10)9-17-11(2)12-6-13(18)8-14(19)7-12/h3-8,11,17-19H,9H2,1-2H3. The number of rotatable bonds is 4. The summed E-state index contributed by atoms with van der Waals surface area (Å²) in [7, 11) is 0. The van der Waals surface area contributed by atoms with Gasteiger partial charge in [-0.05, 0) is 43.2 Å². The molecule has 2 aromatic rings. The number of pyridine rings is 1. The molecule has 0 spiro atoms. The van der Waals surface area contributed by atoms with E-state index < -0.39 is 0 Å². The van der Waals surface area contributed by atoms with Crippen LogP contribution in [0.15, 0.2) is 36.5 Å². The Bertz CT molecular complexity index is 550. The number of phenolic OH excluding ortho intramolecular Hbond substituents is 2. The van der Waals surface area contributed by atoms with Gasteiger partial charge in [0, 0.05) is 24.8 Å². The van der Waals surface area contributed by atoms with Crippen LogP contribution in [-0.2, 0) is 6.54 Å². The van der Waals surface area contributed by atoms with E-state index in [9.17, 15) is 10.2 Å². The Labute approximate surface area is 112 Å².